The van der Waals surface area contributed by atoms with E-state index >= 15 is 0 Å². The quantitative estimate of drug-likeness (QED) is 0.806. The third-order valence-electron chi connectivity index (χ3n) is 2.65. The van der Waals surface area contributed by atoms with Gasteiger partial charge in [0.2, 0.25) is 0 Å². The first-order chi connectivity index (χ1) is 8.70. The van der Waals surface area contributed by atoms with Crippen molar-refractivity contribution in [3.05, 3.63) is 28.8 Å². The van der Waals surface area contributed by atoms with Gasteiger partial charge in [-0.3, -0.25) is 4.79 Å². The molecule has 1 saturated carbocycles. The largest absolute Gasteiger partial charge is 0.491 e. The van der Waals surface area contributed by atoms with Crippen molar-refractivity contribution in [2.24, 2.45) is 0 Å². The summed E-state index contributed by atoms with van der Waals surface area (Å²) >= 11 is 6.07. The molecule has 1 aromatic rings. The fraction of sp³-hybridized carbons (Fsp3) is 0.462. The Balaban J connectivity index is 1.97. The van der Waals surface area contributed by atoms with E-state index in [0.29, 0.717) is 35.6 Å². The van der Waals surface area contributed by atoms with Gasteiger partial charge in [0.1, 0.15) is 12.4 Å². The van der Waals surface area contributed by atoms with Crippen molar-refractivity contribution in [2.45, 2.75) is 18.9 Å². The highest BCUT2D eigenvalue weighted by Crippen LogP contribution is 2.24. The molecule has 0 atom stereocenters. The molecule has 1 N–H and O–H groups in total. The van der Waals surface area contributed by atoms with Crippen molar-refractivity contribution in [1.29, 1.82) is 0 Å². The van der Waals surface area contributed by atoms with Gasteiger partial charge in [0, 0.05) is 13.2 Å². The summed E-state index contributed by atoms with van der Waals surface area (Å²) in [5.41, 5.74) is 0.489. The Kier molecular flexibility index (Phi) is 4.44. The second-order valence-corrected chi connectivity index (χ2v) is 4.64. The molecule has 0 aliphatic heterocycles. The summed E-state index contributed by atoms with van der Waals surface area (Å²) in [6.45, 7) is 0.974. The highest BCUT2D eigenvalue weighted by atomic mass is 35.5. The molecular weight excluding hydrogens is 254 g/mol. The summed E-state index contributed by atoms with van der Waals surface area (Å²) in [5, 5.41) is 3.30. The lowest BCUT2D eigenvalue weighted by atomic mass is 10.2. The molecule has 1 aliphatic carbocycles. The van der Waals surface area contributed by atoms with Gasteiger partial charge in [-0.1, -0.05) is 11.6 Å². The molecule has 0 saturated heterocycles. The molecule has 0 spiro atoms. The molecule has 0 unspecified atom stereocenters. The molecule has 0 bridgehead atoms. The summed E-state index contributed by atoms with van der Waals surface area (Å²) in [6.07, 6.45) is 2.11. The van der Waals surface area contributed by atoms with Crippen molar-refractivity contribution in [3.8, 4) is 5.75 Å². The number of nitrogens with one attached hydrogen (secondary N) is 1. The molecule has 4 nitrogen and oxygen atoms in total. The number of amides is 1. The van der Waals surface area contributed by atoms with Gasteiger partial charge in [-0.15, -0.1) is 0 Å². The maximum Gasteiger partial charge on any atom is 0.253 e. The molecule has 18 heavy (non-hydrogen) atoms. The number of carbonyl (C=O) groups excluding carboxylic acids is 1. The molecule has 0 aromatic heterocycles. The molecule has 2 rings (SSSR count). The van der Waals surface area contributed by atoms with Crippen LogP contribution in [-0.2, 0) is 4.74 Å². The number of ether oxygens (including phenoxy) is 2. The Morgan fingerprint density at radius 2 is 2.22 bits per heavy atom. The molecule has 0 radical (unpaired) electrons. The monoisotopic (exact) mass is 269 g/mol. The van der Waals surface area contributed by atoms with Crippen LogP contribution in [0.2, 0.25) is 5.02 Å². The first-order valence-corrected chi connectivity index (χ1v) is 6.30. The smallest absolute Gasteiger partial charge is 0.253 e. The molecule has 1 aromatic carbocycles. The van der Waals surface area contributed by atoms with Gasteiger partial charge in [-0.25, -0.2) is 0 Å². The average Bonchev–Trinajstić information content (AvgIpc) is 3.13. The second-order valence-electron chi connectivity index (χ2n) is 4.23. The first-order valence-electron chi connectivity index (χ1n) is 5.93. The van der Waals surface area contributed by atoms with Gasteiger partial charge in [-0.05, 0) is 31.0 Å². The zero-order valence-electron chi connectivity index (χ0n) is 10.2. The lowest BCUT2D eigenvalue weighted by Crippen LogP contribution is -2.25. The van der Waals surface area contributed by atoms with E-state index < -0.39 is 0 Å². The molecule has 1 amide bonds. The first kappa shape index (κ1) is 13.2. The predicted octanol–water partition coefficient (Wildman–Crippen LogP) is 2.26. The standard InChI is InChI=1S/C13H16ClNO3/c1-17-6-7-18-10-4-5-11(12(14)8-10)13(16)15-9-2-3-9/h4-5,8-9H,2-3,6-7H2,1H3,(H,15,16). The number of rotatable bonds is 6. The van der Waals surface area contributed by atoms with Gasteiger partial charge in [0.15, 0.2) is 0 Å². The Bertz CT molecular complexity index is 432. The summed E-state index contributed by atoms with van der Waals surface area (Å²) < 4.78 is 10.3. The van der Waals surface area contributed by atoms with Crippen LogP contribution in [0.1, 0.15) is 23.2 Å². The summed E-state index contributed by atoms with van der Waals surface area (Å²) in [5.74, 6) is 0.519. The molecule has 1 aliphatic rings. The maximum atomic E-state index is 11.8. The lowest BCUT2D eigenvalue weighted by molar-refractivity contribution is 0.0951. The number of benzene rings is 1. The minimum Gasteiger partial charge on any atom is -0.491 e. The van der Waals surface area contributed by atoms with Crippen LogP contribution in [0.4, 0.5) is 0 Å². The third kappa shape index (κ3) is 3.62. The van der Waals surface area contributed by atoms with E-state index in [2.05, 4.69) is 5.32 Å². The zero-order valence-corrected chi connectivity index (χ0v) is 11.0. The van der Waals surface area contributed by atoms with Crippen LogP contribution >= 0.6 is 11.6 Å². The van der Waals surface area contributed by atoms with E-state index in [4.69, 9.17) is 21.1 Å². The van der Waals surface area contributed by atoms with Crippen molar-refractivity contribution in [2.75, 3.05) is 20.3 Å². The average molecular weight is 270 g/mol. The fourth-order valence-electron chi connectivity index (χ4n) is 1.50. The van der Waals surface area contributed by atoms with E-state index in [0.717, 1.165) is 12.8 Å². The zero-order chi connectivity index (χ0) is 13.0. The van der Waals surface area contributed by atoms with E-state index in [9.17, 15) is 4.79 Å². The minimum atomic E-state index is -0.119. The molecule has 98 valence electrons. The molecule has 1 fully saturated rings. The molecule has 0 heterocycles. The van der Waals surface area contributed by atoms with E-state index in [1.807, 2.05) is 0 Å². The van der Waals surface area contributed by atoms with Gasteiger partial charge < -0.3 is 14.8 Å². The Labute approximate surface area is 111 Å². The van der Waals surface area contributed by atoms with Crippen molar-refractivity contribution >= 4 is 17.5 Å². The lowest BCUT2D eigenvalue weighted by Gasteiger charge is -2.09. The topological polar surface area (TPSA) is 47.6 Å². The van der Waals surface area contributed by atoms with Gasteiger partial charge in [0.05, 0.1) is 17.2 Å². The number of hydrogen-bond donors (Lipinski definition) is 1. The molecular formula is C13H16ClNO3. The summed E-state index contributed by atoms with van der Waals surface area (Å²) in [4.78, 5) is 11.8. The van der Waals surface area contributed by atoms with Crippen LogP contribution in [0.5, 0.6) is 5.75 Å². The number of carbonyl (C=O) groups is 1. The molecule has 5 heteroatoms. The van der Waals surface area contributed by atoms with Gasteiger partial charge in [0.25, 0.3) is 5.91 Å². The number of halogens is 1. The van der Waals surface area contributed by atoms with Crippen LogP contribution in [0.15, 0.2) is 18.2 Å². The maximum absolute atomic E-state index is 11.8. The fourth-order valence-corrected chi connectivity index (χ4v) is 1.76. The van der Waals surface area contributed by atoms with Crippen LogP contribution in [0.25, 0.3) is 0 Å². The van der Waals surface area contributed by atoms with Gasteiger partial charge in [-0.2, -0.15) is 0 Å². The highest BCUT2D eigenvalue weighted by molar-refractivity contribution is 6.34. The van der Waals surface area contributed by atoms with Gasteiger partial charge >= 0.3 is 0 Å². The van der Waals surface area contributed by atoms with E-state index in [-0.39, 0.29) is 5.91 Å². The normalized spacial score (nSPS) is 14.3. The Hall–Kier alpha value is -1.26. The van der Waals surface area contributed by atoms with Crippen molar-refractivity contribution in [1.82, 2.24) is 5.32 Å². The summed E-state index contributed by atoms with van der Waals surface area (Å²) in [6, 6.07) is 5.40. The van der Waals surface area contributed by atoms with Crippen LogP contribution in [-0.4, -0.2) is 32.3 Å². The SMILES string of the molecule is COCCOc1ccc(C(=O)NC2CC2)c(Cl)c1. The Morgan fingerprint density at radius 3 is 2.83 bits per heavy atom. The Morgan fingerprint density at radius 1 is 1.44 bits per heavy atom. The van der Waals surface area contributed by atoms with Crippen molar-refractivity contribution < 1.29 is 14.3 Å². The van der Waals surface area contributed by atoms with E-state index in [1.54, 1.807) is 25.3 Å². The number of methoxy groups -OCH3 is 1. The van der Waals surface area contributed by atoms with Crippen molar-refractivity contribution in [3.63, 3.8) is 0 Å². The predicted molar refractivity (Wildman–Crippen MR) is 69.3 cm³/mol. The van der Waals surface area contributed by atoms with E-state index in [1.165, 1.54) is 0 Å². The minimum absolute atomic E-state index is 0.119. The highest BCUT2D eigenvalue weighted by Gasteiger charge is 2.24. The number of hydrogen-bond acceptors (Lipinski definition) is 3. The van der Waals surface area contributed by atoms with Crippen LogP contribution in [0, 0.1) is 0 Å². The van der Waals surface area contributed by atoms with Crippen LogP contribution < -0.4 is 10.1 Å². The summed E-state index contributed by atoms with van der Waals surface area (Å²) in [7, 11) is 1.61. The third-order valence-corrected chi connectivity index (χ3v) is 2.97. The second kappa shape index (κ2) is 6.07. The van der Waals surface area contributed by atoms with Crippen LogP contribution in [0.3, 0.4) is 0 Å².